The highest BCUT2D eigenvalue weighted by Gasteiger charge is 2.13. The Labute approximate surface area is 179 Å². The summed E-state index contributed by atoms with van der Waals surface area (Å²) in [7, 11) is 2.98. The zero-order valence-corrected chi connectivity index (χ0v) is 17.5. The summed E-state index contributed by atoms with van der Waals surface area (Å²) in [5.74, 6) is 1.38. The van der Waals surface area contributed by atoms with Gasteiger partial charge in [0.2, 0.25) is 0 Å². The van der Waals surface area contributed by atoms with Crippen molar-refractivity contribution in [2.75, 3.05) is 14.2 Å². The highest BCUT2D eigenvalue weighted by molar-refractivity contribution is 9.10. The van der Waals surface area contributed by atoms with Crippen LogP contribution in [0.1, 0.15) is 16.1 Å². The molecule has 0 fully saturated rings. The van der Waals surface area contributed by atoms with Gasteiger partial charge in [-0.25, -0.2) is 5.43 Å². The first-order valence-corrected chi connectivity index (χ1v) is 9.31. The standard InChI is InChI=1S/C20H16BrN3O6/c1-28-15-7-12(8-16(10-15)29-2)20(25)23-22-11-14-4-6-19(30-14)17-5-3-13(24(26)27)9-18(17)21/h3-11H,1-2H3,(H,23,25)/b22-11-. The number of nitro groups is 1. The van der Waals surface area contributed by atoms with Crippen LogP contribution < -0.4 is 14.9 Å². The number of halogens is 1. The summed E-state index contributed by atoms with van der Waals surface area (Å²) in [6.07, 6.45) is 1.35. The topological polar surface area (TPSA) is 116 Å². The second-order valence-electron chi connectivity index (χ2n) is 5.92. The summed E-state index contributed by atoms with van der Waals surface area (Å²) in [5.41, 5.74) is 3.34. The van der Waals surface area contributed by atoms with Crippen molar-refractivity contribution >= 4 is 33.7 Å². The molecule has 10 heteroatoms. The molecule has 0 unspecified atom stereocenters. The molecule has 0 saturated carbocycles. The van der Waals surface area contributed by atoms with E-state index in [9.17, 15) is 14.9 Å². The lowest BCUT2D eigenvalue weighted by molar-refractivity contribution is -0.384. The summed E-state index contributed by atoms with van der Waals surface area (Å²) < 4.78 is 16.5. The molecule has 3 rings (SSSR count). The van der Waals surface area contributed by atoms with Gasteiger partial charge in [0.15, 0.2) is 0 Å². The molecule has 0 bridgehead atoms. The predicted molar refractivity (Wildman–Crippen MR) is 113 cm³/mol. The van der Waals surface area contributed by atoms with E-state index >= 15 is 0 Å². The number of nitro benzene ring substituents is 1. The highest BCUT2D eigenvalue weighted by atomic mass is 79.9. The van der Waals surface area contributed by atoms with Crippen molar-refractivity contribution in [3.05, 3.63) is 74.4 Å². The van der Waals surface area contributed by atoms with Crippen LogP contribution in [0, 0.1) is 10.1 Å². The lowest BCUT2D eigenvalue weighted by Crippen LogP contribution is -2.17. The van der Waals surface area contributed by atoms with Gasteiger partial charge in [0.05, 0.1) is 25.4 Å². The first-order valence-electron chi connectivity index (χ1n) is 8.52. The number of hydrogen-bond donors (Lipinski definition) is 1. The smallest absolute Gasteiger partial charge is 0.271 e. The molecule has 0 atom stereocenters. The number of methoxy groups -OCH3 is 2. The molecule has 1 N–H and O–H groups in total. The van der Waals surface area contributed by atoms with Crippen LogP contribution in [0.15, 0.2) is 62.5 Å². The van der Waals surface area contributed by atoms with Crippen LogP contribution in [-0.4, -0.2) is 31.3 Å². The zero-order chi connectivity index (χ0) is 21.7. The molecular weight excluding hydrogens is 458 g/mol. The number of carbonyl (C=O) groups excluding carboxylic acids is 1. The first kappa shape index (κ1) is 21.1. The van der Waals surface area contributed by atoms with Gasteiger partial charge in [0.1, 0.15) is 23.0 Å². The van der Waals surface area contributed by atoms with E-state index in [1.165, 1.54) is 32.6 Å². The van der Waals surface area contributed by atoms with Crippen LogP contribution >= 0.6 is 15.9 Å². The highest BCUT2D eigenvalue weighted by Crippen LogP contribution is 2.32. The molecular formula is C20H16BrN3O6. The van der Waals surface area contributed by atoms with Gasteiger partial charge < -0.3 is 13.9 Å². The number of nitrogens with zero attached hydrogens (tertiary/aromatic N) is 2. The molecule has 9 nitrogen and oxygen atoms in total. The van der Waals surface area contributed by atoms with Crippen LogP contribution in [0.5, 0.6) is 11.5 Å². The fourth-order valence-corrected chi connectivity index (χ4v) is 3.10. The van der Waals surface area contributed by atoms with Gasteiger partial charge in [-0.05, 0) is 46.3 Å². The Bertz CT molecular complexity index is 1100. The third-order valence-corrected chi connectivity index (χ3v) is 4.68. The maximum Gasteiger partial charge on any atom is 0.271 e. The van der Waals surface area contributed by atoms with E-state index in [1.807, 2.05) is 0 Å². The summed E-state index contributed by atoms with van der Waals surface area (Å²) >= 11 is 3.31. The lowest BCUT2D eigenvalue weighted by atomic mass is 10.1. The number of hydrogen-bond acceptors (Lipinski definition) is 7. The predicted octanol–water partition coefficient (Wildman–Crippen LogP) is 4.40. The maximum absolute atomic E-state index is 12.3. The SMILES string of the molecule is COc1cc(OC)cc(C(=O)N/N=C\c2ccc(-c3ccc([N+](=O)[O-])cc3Br)o2)c1. The Kier molecular flexibility index (Phi) is 6.48. The summed E-state index contributed by atoms with van der Waals surface area (Å²) in [4.78, 5) is 22.7. The quantitative estimate of drug-likeness (QED) is 0.308. The van der Waals surface area contributed by atoms with E-state index < -0.39 is 10.8 Å². The number of amides is 1. The molecule has 1 amide bonds. The molecule has 0 radical (unpaired) electrons. The zero-order valence-electron chi connectivity index (χ0n) is 15.9. The van der Waals surface area contributed by atoms with E-state index in [0.29, 0.717) is 38.6 Å². The van der Waals surface area contributed by atoms with E-state index in [0.717, 1.165) is 0 Å². The minimum Gasteiger partial charge on any atom is -0.497 e. The number of rotatable bonds is 7. The van der Waals surface area contributed by atoms with Gasteiger partial charge in [-0.15, -0.1) is 0 Å². The van der Waals surface area contributed by atoms with Crippen molar-refractivity contribution in [1.82, 2.24) is 5.43 Å². The minimum atomic E-state index is -0.477. The van der Waals surface area contributed by atoms with E-state index in [1.54, 1.807) is 36.4 Å². The van der Waals surface area contributed by atoms with Crippen LogP contribution in [-0.2, 0) is 0 Å². The monoisotopic (exact) mass is 473 g/mol. The van der Waals surface area contributed by atoms with E-state index in [-0.39, 0.29) is 5.69 Å². The summed E-state index contributed by atoms with van der Waals surface area (Å²) in [6, 6.07) is 12.5. The van der Waals surface area contributed by atoms with Crippen molar-refractivity contribution in [2.45, 2.75) is 0 Å². The molecule has 0 aliphatic rings. The van der Waals surface area contributed by atoms with Crippen LogP contribution in [0.4, 0.5) is 5.69 Å². The molecule has 0 aliphatic heterocycles. The van der Waals surface area contributed by atoms with Gasteiger partial charge in [0.25, 0.3) is 11.6 Å². The van der Waals surface area contributed by atoms with Crippen LogP contribution in [0.2, 0.25) is 0 Å². The number of furan rings is 1. The molecule has 1 aromatic heterocycles. The third kappa shape index (κ3) is 4.84. The Morgan fingerprint density at radius 3 is 2.43 bits per heavy atom. The van der Waals surface area contributed by atoms with Gasteiger partial charge in [-0.1, -0.05) is 0 Å². The molecule has 154 valence electrons. The lowest BCUT2D eigenvalue weighted by Gasteiger charge is -2.07. The van der Waals surface area contributed by atoms with Crippen molar-refractivity contribution < 1.29 is 23.6 Å². The van der Waals surface area contributed by atoms with Gasteiger partial charge in [-0.3, -0.25) is 14.9 Å². The number of benzene rings is 2. The van der Waals surface area contributed by atoms with Crippen molar-refractivity contribution in [2.24, 2.45) is 5.10 Å². The average molecular weight is 474 g/mol. The number of hydrazone groups is 1. The van der Waals surface area contributed by atoms with Crippen molar-refractivity contribution in [1.29, 1.82) is 0 Å². The largest absolute Gasteiger partial charge is 0.497 e. The normalized spacial score (nSPS) is 10.8. The number of carbonyl (C=O) groups is 1. The second kappa shape index (κ2) is 9.23. The molecule has 0 spiro atoms. The number of non-ortho nitro benzene ring substituents is 1. The summed E-state index contributed by atoms with van der Waals surface area (Å²) in [5, 5.41) is 14.7. The van der Waals surface area contributed by atoms with Gasteiger partial charge in [0, 0.05) is 33.8 Å². The molecule has 30 heavy (non-hydrogen) atoms. The Balaban J connectivity index is 1.71. The van der Waals surface area contributed by atoms with Gasteiger partial charge in [-0.2, -0.15) is 5.10 Å². The molecule has 3 aromatic rings. The summed E-state index contributed by atoms with van der Waals surface area (Å²) in [6.45, 7) is 0. The fraction of sp³-hybridized carbons (Fsp3) is 0.100. The van der Waals surface area contributed by atoms with Crippen molar-refractivity contribution in [3.8, 4) is 22.8 Å². The van der Waals surface area contributed by atoms with E-state index in [2.05, 4.69) is 26.5 Å². The molecule has 2 aromatic carbocycles. The number of ether oxygens (including phenoxy) is 2. The Morgan fingerprint density at radius 1 is 1.13 bits per heavy atom. The van der Waals surface area contributed by atoms with E-state index in [4.69, 9.17) is 13.9 Å². The van der Waals surface area contributed by atoms with Crippen LogP contribution in [0.3, 0.4) is 0 Å². The van der Waals surface area contributed by atoms with Crippen LogP contribution in [0.25, 0.3) is 11.3 Å². The molecule has 0 saturated heterocycles. The molecule has 0 aliphatic carbocycles. The average Bonchev–Trinajstić information content (AvgIpc) is 3.21. The maximum atomic E-state index is 12.3. The minimum absolute atomic E-state index is 0.0316. The van der Waals surface area contributed by atoms with Gasteiger partial charge >= 0.3 is 0 Å². The number of nitrogens with one attached hydrogen (secondary N) is 1. The Morgan fingerprint density at radius 2 is 1.83 bits per heavy atom. The first-order chi connectivity index (χ1) is 14.4. The third-order valence-electron chi connectivity index (χ3n) is 4.03. The second-order valence-corrected chi connectivity index (χ2v) is 6.78. The Hall–Kier alpha value is -3.66. The van der Waals surface area contributed by atoms with Crippen molar-refractivity contribution in [3.63, 3.8) is 0 Å². The fourth-order valence-electron chi connectivity index (χ4n) is 2.54. The molecule has 1 heterocycles.